The van der Waals surface area contributed by atoms with Crippen molar-refractivity contribution in [3.8, 4) is 11.5 Å². The number of benzene rings is 1. The molecule has 1 heterocycles. The molecule has 5 atom stereocenters. The number of fused-ring (bicyclic) bond motifs is 1. The molecule has 26 heavy (non-hydrogen) atoms. The number of nitrogens with zero attached hydrogens (tertiary/aromatic N) is 1. The largest absolute Gasteiger partial charge is 0.504 e. The second-order valence-corrected chi connectivity index (χ2v) is 7.48. The van der Waals surface area contributed by atoms with Crippen molar-refractivity contribution in [1.29, 1.82) is 0 Å². The average Bonchev–Trinajstić information content (AvgIpc) is 2.62. The number of phenols is 1. The molecule has 1 aliphatic heterocycles. The van der Waals surface area contributed by atoms with Gasteiger partial charge in [0.25, 0.3) is 0 Å². The van der Waals surface area contributed by atoms with Gasteiger partial charge in [-0.15, -0.1) is 0 Å². The van der Waals surface area contributed by atoms with Gasteiger partial charge in [-0.25, -0.2) is 0 Å². The van der Waals surface area contributed by atoms with Gasteiger partial charge in [0.05, 0.1) is 32.5 Å². The summed E-state index contributed by atoms with van der Waals surface area (Å²) in [5, 5.41) is 43.1. The van der Waals surface area contributed by atoms with Gasteiger partial charge >= 0.3 is 0 Å². The monoisotopic (exact) mass is 363 g/mol. The lowest BCUT2D eigenvalue weighted by atomic mass is 9.54. The molecule has 1 fully saturated rings. The van der Waals surface area contributed by atoms with Crippen LogP contribution in [0.3, 0.4) is 0 Å². The highest BCUT2D eigenvalue weighted by atomic mass is 16.5. The van der Waals surface area contributed by atoms with Crippen LogP contribution in [-0.4, -0.2) is 71.4 Å². The van der Waals surface area contributed by atoms with E-state index in [1.165, 1.54) is 14.2 Å². The van der Waals surface area contributed by atoms with E-state index >= 15 is 0 Å². The Labute approximate surface area is 152 Å². The van der Waals surface area contributed by atoms with Crippen molar-refractivity contribution in [3.05, 3.63) is 34.6 Å². The maximum atomic E-state index is 11.1. The first-order valence-corrected chi connectivity index (χ1v) is 8.80. The van der Waals surface area contributed by atoms with E-state index in [9.17, 15) is 20.4 Å². The van der Waals surface area contributed by atoms with Gasteiger partial charge < -0.3 is 29.9 Å². The summed E-state index contributed by atoms with van der Waals surface area (Å²) >= 11 is 0. The second kappa shape index (κ2) is 5.85. The van der Waals surface area contributed by atoms with Gasteiger partial charge in [0.2, 0.25) is 0 Å². The van der Waals surface area contributed by atoms with Crippen LogP contribution in [0, 0.1) is 0 Å². The molecule has 7 nitrogen and oxygen atoms in total. The van der Waals surface area contributed by atoms with E-state index in [1.807, 2.05) is 11.9 Å². The summed E-state index contributed by atoms with van der Waals surface area (Å²) in [5.74, 6) is 0.581. The Morgan fingerprint density at radius 2 is 1.85 bits per heavy atom. The number of phenolic OH excluding ortho intramolecular Hbond substituents is 1. The molecular formula is C19H25NO6. The number of rotatable bonds is 2. The third kappa shape index (κ3) is 2.02. The van der Waals surface area contributed by atoms with Crippen LogP contribution in [0.1, 0.15) is 30.1 Å². The van der Waals surface area contributed by atoms with Gasteiger partial charge in [0.15, 0.2) is 11.5 Å². The van der Waals surface area contributed by atoms with Crippen molar-refractivity contribution in [2.45, 2.75) is 42.6 Å². The molecule has 0 aromatic heterocycles. The third-order valence-corrected chi connectivity index (χ3v) is 6.34. The first-order valence-electron chi connectivity index (χ1n) is 8.80. The van der Waals surface area contributed by atoms with Crippen molar-refractivity contribution < 1.29 is 29.9 Å². The van der Waals surface area contributed by atoms with Gasteiger partial charge in [0.1, 0.15) is 11.9 Å². The summed E-state index contributed by atoms with van der Waals surface area (Å²) in [4.78, 5) is 2.03. The van der Waals surface area contributed by atoms with Crippen molar-refractivity contribution >= 4 is 0 Å². The van der Waals surface area contributed by atoms with Crippen LogP contribution in [0.5, 0.6) is 11.5 Å². The Balaban J connectivity index is 2.09. The standard InChI is InChI=1S/C19H25NO6/c1-20-7-6-19-8-10(21)16(23)18(26-3)13(19)14(20)15(22)9-4-5-11(25-2)17(24)12(9)19/h4-5,10,14-16,21-24H,6-8H2,1-3H3/t10-,14-,15+,16-,19+/m0/s1. The van der Waals surface area contributed by atoms with E-state index in [-0.39, 0.29) is 24.0 Å². The SMILES string of the molecule is COC1=C2[C@H]3[C@H](O)c4ccc(OC)c(O)c4[C@@]2(CCN3C)C[C@H](O)[C@@H]1O. The van der Waals surface area contributed by atoms with E-state index in [4.69, 9.17) is 9.47 Å². The maximum absolute atomic E-state index is 11.1. The molecule has 2 bridgehead atoms. The van der Waals surface area contributed by atoms with Gasteiger partial charge in [0, 0.05) is 16.6 Å². The fourth-order valence-electron chi connectivity index (χ4n) is 5.20. The highest BCUT2D eigenvalue weighted by Gasteiger charge is 2.59. The summed E-state index contributed by atoms with van der Waals surface area (Å²) in [6.07, 6.45) is -2.18. The van der Waals surface area contributed by atoms with Gasteiger partial charge in [-0.2, -0.15) is 0 Å². The first-order chi connectivity index (χ1) is 12.4. The minimum atomic E-state index is -1.15. The number of likely N-dealkylation sites (tertiary alicyclic amines) is 1. The number of ether oxygens (including phenoxy) is 2. The lowest BCUT2D eigenvalue weighted by Gasteiger charge is -2.57. The quantitative estimate of drug-likeness (QED) is 0.604. The van der Waals surface area contributed by atoms with E-state index in [2.05, 4.69) is 0 Å². The number of likely N-dealkylation sites (N-methyl/N-ethyl adjacent to an activating group) is 1. The van der Waals surface area contributed by atoms with Crippen LogP contribution in [0.4, 0.5) is 0 Å². The molecule has 1 aromatic rings. The van der Waals surface area contributed by atoms with Crippen molar-refractivity contribution in [2.75, 3.05) is 27.8 Å². The molecule has 4 rings (SSSR count). The Bertz CT molecular complexity index is 778. The van der Waals surface area contributed by atoms with Crippen LogP contribution < -0.4 is 4.74 Å². The Morgan fingerprint density at radius 3 is 2.50 bits per heavy atom. The molecule has 0 unspecified atom stereocenters. The minimum absolute atomic E-state index is 0.0244. The summed E-state index contributed by atoms with van der Waals surface area (Å²) < 4.78 is 10.8. The zero-order chi connectivity index (χ0) is 18.8. The second-order valence-electron chi connectivity index (χ2n) is 7.48. The Morgan fingerprint density at radius 1 is 1.12 bits per heavy atom. The average molecular weight is 363 g/mol. The van der Waals surface area contributed by atoms with Crippen LogP contribution >= 0.6 is 0 Å². The van der Waals surface area contributed by atoms with Gasteiger partial charge in [-0.3, -0.25) is 4.90 Å². The fourth-order valence-corrected chi connectivity index (χ4v) is 5.20. The molecule has 2 aliphatic carbocycles. The highest BCUT2D eigenvalue weighted by Crippen LogP contribution is 2.60. The lowest BCUT2D eigenvalue weighted by molar-refractivity contribution is -0.0481. The Hall–Kier alpha value is -1.80. The maximum Gasteiger partial charge on any atom is 0.162 e. The summed E-state index contributed by atoms with van der Waals surface area (Å²) in [6.45, 7) is 0.682. The minimum Gasteiger partial charge on any atom is -0.504 e. The van der Waals surface area contributed by atoms with Crippen LogP contribution in [-0.2, 0) is 10.2 Å². The molecule has 4 N–H and O–H groups in total. The van der Waals surface area contributed by atoms with E-state index in [1.54, 1.807) is 12.1 Å². The first kappa shape index (κ1) is 17.6. The van der Waals surface area contributed by atoms with Crippen molar-refractivity contribution in [1.82, 2.24) is 4.90 Å². The molecule has 1 aromatic carbocycles. The normalized spacial score (nSPS) is 36.4. The van der Waals surface area contributed by atoms with E-state index < -0.39 is 23.7 Å². The number of hydrogen-bond donors (Lipinski definition) is 4. The molecule has 3 aliphatic rings. The van der Waals surface area contributed by atoms with Crippen molar-refractivity contribution in [3.63, 3.8) is 0 Å². The highest BCUT2D eigenvalue weighted by molar-refractivity contribution is 5.63. The van der Waals surface area contributed by atoms with E-state index in [0.717, 1.165) is 5.57 Å². The summed E-state index contributed by atoms with van der Waals surface area (Å²) in [5.41, 5.74) is 1.23. The number of methoxy groups -OCH3 is 2. The van der Waals surface area contributed by atoms with Crippen molar-refractivity contribution in [2.24, 2.45) is 0 Å². The molecule has 0 amide bonds. The summed E-state index contributed by atoms with van der Waals surface area (Å²) in [6, 6.07) is 3.03. The van der Waals surface area contributed by atoms with E-state index in [0.29, 0.717) is 29.8 Å². The number of aliphatic hydroxyl groups excluding tert-OH is 3. The predicted octanol–water partition coefficient (Wildman–Crippen LogP) is 0.416. The van der Waals surface area contributed by atoms with Crippen LogP contribution in [0.25, 0.3) is 0 Å². The molecule has 0 spiro atoms. The molecule has 0 radical (unpaired) electrons. The molecule has 1 saturated heterocycles. The molecule has 142 valence electrons. The number of aromatic hydroxyl groups is 1. The smallest absolute Gasteiger partial charge is 0.162 e. The number of aliphatic hydroxyl groups is 3. The molecular weight excluding hydrogens is 338 g/mol. The van der Waals surface area contributed by atoms with Gasteiger partial charge in [-0.1, -0.05) is 6.07 Å². The third-order valence-electron chi connectivity index (χ3n) is 6.34. The Kier molecular flexibility index (Phi) is 3.96. The zero-order valence-electron chi connectivity index (χ0n) is 15.1. The number of hydrogen-bond acceptors (Lipinski definition) is 7. The van der Waals surface area contributed by atoms with Gasteiger partial charge in [-0.05, 0) is 38.1 Å². The predicted molar refractivity (Wildman–Crippen MR) is 93.0 cm³/mol. The molecule has 7 heteroatoms. The lowest BCUT2D eigenvalue weighted by Crippen LogP contribution is -2.60. The zero-order valence-corrected chi connectivity index (χ0v) is 15.1. The molecule has 0 saturated carbocycles. The van der Waals surface area contributed by atoms with Crippen LogP contribution in [0.15, 0.2) is 23.5 Å². The van der Waals surface area contributed by atoms with Crippen LogP contribution in [0.2, 0.25) is 0 Å². The fraction of sp³-hybridized carbons (Fsp3) is 0.579. The number of piperidine rings is 1. The summed E-state index contributed by atoms with van der Waals surface area (Å²) in [7, 11) is 4.86. The topological polar surface area (TPSA) is 103 Å².